The van der Waals surface area contributed by atoms with Crippen LogP contribution in [0, 0.1) is 0 Å². The van der Waals surface area contributed by atoms with Crippen molar-refractivity contribution in [3.63, 3.8) is 0 Å². The van der Waals surface area contributed by atoms with Crippen LogP contribution >= 0.6 is 11.3 Å². The van der Waals surface area contributed by atoms with Gasteiger partial charge in [0.05, 0.1) is 0 Å². The number of likely N-dealkylation sites (N-methyl/N-ethyl adjacent to an activating group) is 1. The van der Waals surface area contributed by atoms with Crippen molar-refractivity contribution in [1.82, 2.24) is 5.32 Å². The molecule has 1 unspecified atom stereocenters. The first-order chi connectivity index (χ1) is 7.79. The second kappa shape index (κ2) is 7.86. The van der Waals surface area contributed by atoms with Crippen LogP contribution < -0.4 is 5.32 Å². The Bertz CT molecular complexity index is 280. The van der Waals surface area contributed by atoms with Crippen LogP contribution in [0.15, 0.2) is 11.4 Å². The van der Waals surface area contributed by atoms with Crippen molar-refractivity contribution < 1.29 is 0 Å². The summed E-state index contributed by atoms with van der Waals surface area (Å²) in [6.07, 6.45) is 5.29. The van der Waals surface area contributed by atoms with Crippen molar-refractivity contribution >= 4 is 11.3 Å². The fourth-order valence-corrected chi connectivity index (χ4v) is 3.05. The first-order valence-corrected chi connectivity index (χ1v) is 7.44. The molecule has 1 nitrogen and oxygen atoms in total. The average molecular weight is 239 g/mol. The zero-order valence-corrected chi connectivity index (χ0v) is 11.7. The summed E-state index contributed by atoms with van der Waals surface area (Å²) in [5.74, 6) is 0.655. The Balaban J connectivity index is 2.48. The number of rotatable bonds is 8. The van der Waals surface area contributed by atoms with Crippen LogP contribution in [0.4, 0.5) is 0 Å². The number of nitrogens with one attached hydrogen (secondary N) is 1. The summed E-state index contributed by atoms with van der Waals surface area (Å²) in [6.45, 7) is 8.94. The minimum atomic E-state index is 0.655. The fourth-order valence-electron chi connectivity index (χ4n) is 2.00. The Labute approximate surface area is 104 Å². The Morgan fingerprint density at radius 1 is 1.31 bits per heavy atom. The molecule has 0 aromatic carbocycles. The highest BCUT2D eigenvalue weighted by molar-refractivity contribution is 7.10. The highest BCUT2D eigenvalue weighted by Crippen LogP contribution is 2.26. The van der Waals surface area contributed by atoms with E-state index in [1.165, 1.54) is 25.7 Å². The van der Waals surface area contributed by atoms with Gasteiger partial charge in [0, 0.05) is 11.4 Å². The number of thiophene rings is 1. The maximum atomic E-state index is 3.44. The second-order valence-corrected chi connectivity index (χ2v) is 5.47. The van der Waals surface area contributed by atoms with E-state index in [1.54, 1.807) is 10.4 Å². The third kappa shape index (κ3) is 4.26. The maximum Gasteiger partial charge on any atom is 0.00804 e. The van der Waals surface area contributed by atoms with Crippen molar-refractivity contribution in [2.45, 2.75) is 52.4 Å². The standard InChI is InChI=1S/C14H25NS/c1-4-6-7-8-14-13(9-10-16-14)12(3)11-15-5-2/h9-10,12,15H,4-8,11H2,1-3H3. The van der Waals surface area contributed by atoms with E-state index in [1.807, 2.05) is 11.3 Å². The van der Waals surface area contributed by atoms with E-state index < -0.39 is 0 Å². The van der Waals surface area contributed by atoms with Crippen LogP contribution in [0.5, 0.6) is 0 Å². The van der Waals surface area contributed by atoms with Gasteiger partial charge in [-0.2, -0.15) is 0 Å². The summed E-state index contributed by atoms with van der Waals surface area (Å²) in [4.78, 5) is 1.61. The molecule has 0 radical (unpaired) electrons. The van der Waals surface area contributed by atoms with Crippen molar-refractivity contribution in [3.05, 3.63) is 21.9 Å². The molecule has 0 fully saturated rings. The Morgan fingerprint density at radius 3 is 2.81 bits per heavy atom. The van der Waals surface area contributed by atoms with Gasteiger partial charge in [-0.3, -0.25) is 0 Å². The summed E-state index contributed by atoms with van der Waals surface area (Å²) < 4.78 is 0. The molecule has 0 amide bonds. The molecule has 92 valence electrons. The summed E-state index contributed by atoms with van der Waals surface area (Å²) in [5.41, 5.74) is 1.57. The van der Waals surface area contributed by atoms with Gasteiger partial charge in [-0.15, -0.1) is 11.3 Å². The average Bonchev–Trinajstić information content (AvgIpc) is 2.74. The van der Waals surface area contributed by atoms with Crippen LogP contribution in [-0.2, 0) is 6.42 Å². The van der Waals surface area contributed by atoms with Crippen molar-refractivity contribution in [1.29, 1.82) is 0 Å². The quantitative estimate of drug-likeness (QED) is 0.671. The molecule has 0 aliphatic rings. The molecule has 0 bridgehead atoms. The zero-order chi connectivity index (χ0) is 11.8. The molecule has 1 aromatic heterocycles. The molecule has 0 saturated heterocycles. The summed E-state index contributed by atoms with van der Waals surface area (Å²) in [7, 11) is 0. The molecule has 2 heteroatoms. The Morgan fingerprint density at radius 2 is 2.12 bits per heavy atom. The van der Waals surface area contributed by atoms with Crippen LogP contribution in [-0.4, -0.2) is 13.1 Å². The lowest BCUT2D eigenvalue weighted by Crippen LogP contribution is -2.19. The maximum absolute atomic E-state index is 3.44. The number of unbranched alkanes of at least 4 members (excludes halogenated alkanes) is 2. The molecule has 0 aliphatic carbocycles. The highest BCUT2D eigenvalue weighted by atomic mass is 32.1. The SMILES string of the molecule is CCCCCc1sccc1C(C)CNCC. The molecular weight excluding hydrogens is 214 g/mol. The summed E-state index contributed by atoms with van der Waals surface area (Å²) >= 11 is 1.93. The molecular formula is C14H25NS. The molecule has 0 aliphatic heterocycles. The molecule has 1 aromatic rings. The van der Waals surface area contributed by atoms with Gasteiger partial charge < -0.3 is 5.32 Å². The normalized spacial score (nSPS) is 12.9. The predicted octanol–water partition coefficient (Wildman–Crippen LogP) is 4.19. The van der Waals surface area contributed by atoms with Gasteiger partial charge >= 0.3 is 0 Å². The van der Waals surface area contributed by atoms with Crippen LogP contribution in [0.2, 0.25) is 0 Å². The van der Waals surface area contributed by atoms with Gasteiger partial charge in [0.1, 0.15) is 0 Å². The third-order valence-corrected chi connectivity index (χ3v) is 4.02. The van der Waals surface area contributed by atoms with Gasteiger partial charge in [-0.25, -0.2) is 0 Å². The van der Waals surface area contributed by atoms with E-state index in [2.05, 4.69) is 37.5 Å². The predicted molar refractivity (Wildman–Crippen MR) is 74.5 cm³/mol. The van der Waals surface area contributed by atoms with Crippen LogP contribution in [0.1, 0.15) is 56.4 Å². The molecule has 1 atom stereocenters. The van der Waals surface area contributed by atoms with Crippen molar-refractivity contribution in [2.75, 3.05) is 13.1 Å². The smallest absolute Gasteiger partial charge is 0.00804 e. The number of hydrogen-bond acceptors (Lipinski definition) is 2. The lowest BCUT2D eigenvalue weighted by Gasteiger charge is -2.13. The van der Waals surface area contributed by atoms with Crippen molar-refractivity contribution in [2.24, 2.45) is 0 Å². The first-order valence-electron chi connectivity index (χ1n) is 6.56. The number of hydrogen-bond donors (Lipinski definition) is 1. The van der Waals surface area contributed by atoms with E-state index in [-0.39, 0.29) is 0 Å². The van der Waals surface area contributed by atoms with Crippen LogP contribution in [0.25, 0.3) is 0 Å². The Hall–Kier alpha value is -0.340. The van der Waals surface area contributed by atoms with Gasteiger partial charge in [-0.1, -0.05) is 33.6 Å². The summed E-state index contributed by atoms with van der Waals surface area (Å²) in [6, 6.07) is 2.31. The first kappa shape index (κ1) is 13.7. The lowest BCUT2D eigenvalue weighted by atomic mass is 9.99. The van der Waals surface area contributed by atoms with Crippen LogP contribution in [0.3, 0.4) is 0 Å². The second-order valence-electron chi connectivity index (χ2n) is 4.46. The largest absolute Gasteiger partial charge is 0.316 e. The van der Waals surface area contributed by atoms with Gasteiger partial charge in [0.15, 0.2) is 0 Å². The van der Waals surface area contributed by atoms with E-state index in [4.69, 9.17) is 0 Å². The molecule has 0 spiro atoms. The highest BCUT2D eigenvalue weighted by Gasteiger charge is 2.11. The third-order valence-electron chi connectivity index (χ3n) is 3.02. The van der Waals surface area contributed by atoms with E-state index in [0.717, 1.165) is 13.1 Å². The molecule has 0 saturated carbocycles. The van der Waals surface area contributed by atoms with E-state index >= 15 is 0 Å². The van der Waals surface area contributed by atoms with Gasteiger partial charge in [0.2, 0.25) is 0 Å². The van der Waals surface area contributed by atoms with Gasteiger partial charge in [0.25, 0.3) is 0 Å². The molecule has 1 N–H and O–H groups in total. The number of aryl methyl sites for hydroxylation is 1. The van der Waals surface area contributed by atoms with Crippen molar-refractivity contribution in [3.8, 4) is 0 Å². The summed E-state index contributed by atoms with van der Waals surface area (Å²) in [5, 5.41) is 5.68. The lowest BCUT2D eigenvalue weighted by molar-refractivity contribution is 0.629. The molecule has 16 heavy (non-hydrogen) atoms. The monoisotopic (exact) mass is 239 g/mol. The fraction of sp³-hybridized carbons (Fsp3) is 0.714. The zero-order valence-electron chi connectivity index (χ0n) is 10.9. The molecule has 1 heterocycles. The van der Waals surface area contributed by atoms with E-state index in [9.17, 15) is 0 Å². The topological polar surface area (TPSA) is 12.0 Å². The Kier molecular flexibility index (Phi) is 6.74. The minimum Gasteiger partial charge on any atom is -0.316 e. The minimum absolute atomic E-state index is 0.655. The molecule has 1 rings (SSSR count). The van der Waals surface area contributed by atoms with E-state index in [0.29, 0.717) is 5.92 Å². The van der Waals surface area contributed by atoms with Gasteiger partial charge in [-0.05, 0) is 42.3 Å².